The predicted molar refractivity (Wildman–Crippen MR) is 167 cm³/mol. The molecule has 0 aliphatic carbocycles. The second-order valence-corrected chi connectivity index (χ2v) is 11.3. The molecule has 0 saturated carbocycles. The van der Waals surface area contributed by atoms with Crippen LogP contribution in [0.5, 0.6) is 0 Å². The number of rotatable bonds is 7. The molecule has 0 fully saturated rings. The highest BCUT2D eigenvalue weighted by atomic mass is 35.5. The van der Waals surface area contributed by atoms with Crippen molar-refractivity contribution >= 4 is 57.7 Å². The molecule has 4 aromatic rings. The maximum Gasteiger partial charge on any atom is 0.338 e. The van der Waals surface area contributed by atoms with Crippen LogP contribution >= 0.6 is 22.9 Å². The van der Waals surface area contributed by atoms with Crippen molar-refractivity contribution in [3.8, 4) is 0 Å². The number of fused-ring (bicyclic) bond motifs is 2. The molecule has 222 valence electrons. The van der Waals surface area contributed by atoms with E-state index in [0.29, 0.717) is 37.9 Å². The van der Waals surface area contributed by atoms with Crippen LogP contribution in [0.2, 0.25) is 5.02 Å². The van der Waals surface area contributed by atoms with E-state index in [0.717, 1.165) is 11.3 Å². The third-order valence-electron chi connectivity index (χ3n) is 7.28. The fourth-order valence-corrected chi connectivity index (χ4v) is 6.66. The van der Waals surface area contributed by atoms with Gasteiger partial charge in [0, 0.05) is 16.1 Å². The lowest BCUT2D eigenvalue weighted by atomic mass is 9.93. The molecule has 0 unspecified atom stereocenters. The molecule has 0 bridgehead atoms. The summed E-state index contributed by atoms with van der Waals surface area (Å²) in [5.74, 6) is -1.68. The van der Waals surface area contributed by atoms with Crippen molar-refractivity contribution in [3.63, 3.8) is 0 Å². The van der Waals surface area contributed by atoms with E-state index in [4.69, 9.17) is 26.1 Å². The van der Waals surface area contributed by atoms with Crippen molar-refractivity contribution in [1.29, 1.82) is 0 Å². The molecule has 3 heterocycles. The summed E-state index contributed by atoms with van der Waals surface area (Å²) >= 11 is 7.27. The molecule has 1 amide bonds. The lowest BCUT2D eigenvalue weighted by Gasteiger charge is -2.26. The maximum atomic E-state index is 14.4. The minimum atomic E-state index is -0.922. The van der Waals surface area contributed by atoms with Gasteiger partial charge in [-0.1, -0.05) is 83.6 Å². The largest absolute Gasteiger partial charge is 0.465 e. The quantitative estimate of drug-likeness (QED) is 0.288. The molecule has 1 aromatic heterocycles. The van der Waals surface area contributed by atoms with E-state index in [1.54, 1.807) is 62.4 Å². The van der Waals surface area contributed by atoms with Gasteiger partial charge in [0.15, 0.2) is 4.80 Å². The molecule has 6 rings (SSSR count). The molecule has 1 atom stereocenters. The zero-order chi connectivity index (χ0) is 31.0. The van der Waals surface area contributed by atoms with E-state index >= 15 is 0 Å². The lowest BCUT2D eigenvalue weighted by molar-refractivity contribution is -0.142. The van der Waals surface area contributed by atoms with Crippen molar-refractivity contribution in [2.24, 2.45) is 4.99 Å². The second-order valence-electron chi connectivity index (χ2n) is 9.89. The Morgan fingerprint density at radius 2 is 1.59 bits per heavy atom. The van der Waals surface area contributed by atoms with Crippen LogP contribution in [0.1, 0.15) is 36.6 Å². The first-order chi connectivity index (χ1) is 21.3. The van der Waals surface area contributed by atoms with Crippen LogP contribution in [0.4, 0.5) is 5.69 Å². The van der Waals surface area contributed by atoms with Gasteiger partial charge in [-0.3, -0.25) is 23.9 Å². The Balaban J connectivity index is 1.65. The molecule has 3 aromatic carbocycles. The van der Waals surface area contributed by atoms with Gasteiger partial charge in [0.2, 0.25) is 0 Å². The Kier molecular flexibility index (Phi) is 8.03. The summed E-state index contributed by atoms with van der Waals surface area (Å²) in [6.45, 7) is 3.39. The fourth-order valence-electron chi connectivity index (χ4n) is 5.44. The van der Waals surface area contributed by atoms with Gasteiger partial charge >= 0.3 is 11.9 Å². The van der Waals surface area contributed by atoms with Crippen molar-refractivity contribution in [3.05, 3.63) is 126 Å². The summed E-state index contributed by atoms with van der Waals surface area (Å²) in [5.41, 5.74) is 2.50. The van der Waals surface area contributed by atoms with Crippen LogP contribution < -0.4 is 19.8 Å². The summed E-state index contributed by atoms with van der Waals surface area (Å²) in [6, 6.07) is 22.1. The number of benzene rings is 3. The lowest BCUT2D eigenvalue weighted by Crippen LogP contribution is -2.41. The average Bonchev–Trinajstić information content (AvgIpc) is 3.49. The maximum absolute atomic E-state index is 14.4. The third-order valence-corrected chi connectivity index (χ3v) is 8.58. The minimum absolute atomic E-state index is 0.119. The Bertz CT molecular complexity index is 2010. The zero-order valence-electron chi connectivity index (χ0n) is 23.8. The normalized spacial score (nSPS) is 16.8. The standard InChI is InChI=1S/C33H26ClN3O6S/c1-3-42-24(38)18-36-23-13-9-8-12-22(23)25(30(36)39)29-31(40)37-28(20-14-16-21(34)17-15-20)26(32(41)43-4-2)27(35-33(37)44-29)19-10-6-5-7-11-19/h5-17,28H,3-4,18H2,1-2H3/b29-25+/t28-/m1/s1. The van der Waals surface area contributed by atoms with Crippen molar-refractivity contribution in [2.45, 2.75) is 19.9 Å². The summed E-state index contributed by atoms with van der Waals surface area (Å²) in [7, 11) is 0. The SMILES string of the molecule is CCOC(=O)CN1C(=O)/C(=c2/sc3n(c2=O)[C@H](c2ccc(Cl)cc2)C(C(=O)OCC)=C(c2ccccc2)N=3)c2ccccc21. The van der Waals surface area contributed by atoms with Gasteiger partial charge in [0.25, 0.3) is 11.5 Å². The first-order valence-corrected chi connectivity index (χ1v) is 15.2. The zero-order valence-corrected chi connectivity index (χ0v) is 25.4. The van der Waals surface area contributed by atoms with Crippen LogP contribution in [-0.2, 0) is 23.9 Å². The summed E-state index contributed by atoms with van der Waals surface area (Å²) in [4.78, 5) is 60.9. The summed E-state index contributed by atoms with van der Waals surface area (Å²) < 4.78 is 12.2. The molecule has 0 saturated heterocycles. The van der Waals surface area contributed by atoms with Crippen LogP contribution in [0, 0.1) is 0 Å². The van der Waals surface area contributed by atoms with Crippen LogP contribution in [0.15, 0.2) is 94.2 Å². The number of esters is 2. The average molecular weight is 628 g/mol. The van der Waals surface area contributed by atoms with E-state index < -0.39 is 29.4 Å². The second kappa shape index (κ2) is 12.1. The molecule has 11 heteroatoms. The van der Waals surface area contributed by atoms with Gasteiger partial charge in [0.05, 0.1) is 41.8 Å². The summed E-state index contributed by atoms with van der Waals surface area (Å²) in [6.07, 6.45) is 0. The van der Waals surface area contributed by atoms with Crippen molar-refractivity contribution in [2.75, 3.05) is 24.7 Å². The van der Waals surface area contributed by atoms with E-state index in [9.17, 15) is 19.2 Å². The molecule has 0 spiro atoms. The number of carbonyl (C=O) groups is 3. The summed E-state index contributed by atoms with van der Waals surface area (Å²) in [5, 5.41) is 0.489. The number of hydrogen-bond acceptors (Lipinski definition) is 8. The molecule has 2 aliphatic rings. The number of amides is 1. The molecule has 0 N–H and O–H groups in total. The molecular weight excluding hydrogens is 602 g/mol. The Morgan fingerprint density at radius 3 is 2.30 bits per heavy atom. The van der Waals surface area contributed by atoms with Gasteiger partial charge in [0.1, 0.15) is 11.1 Å². The molecule has 2 aliphatic heterocycles. The number of carbonyl (C=O) groups excluding carboxylic acids is 3. The molecular formula is C33H26ClN3O6S. The van der Waals surface area contributed by atoms with Crippen LogP contribution in [-0.4, -0.2) is 42.2 Å². The van der Waals surface area contributed by atoms with Crippen LogP contribution in [0.3, 0.4) is 0 Å². The highest BCUT2D eigenvalue weighted by Gasteiger charge is 2.38. The number of anilines is 1. The van der Waals surface area contributed by atoms with Gasteiger partial charge in [-0.05, 0) is 37.6 Å². The van der Waals surface area contributed by atoms with Crippen LogP contribution in [0.25, 0.3) is 11.3 Å². The van der Waals surface area contributed by atoms with Crippen molar-refractivity contribution in [1.82, 2.24) is 4.57 Å². The monoisotopic (exact) mass is 627 g/mol. The third kappa shape index (κ3) is 5.06. The van der Waals surface area contributed by atoms with Gasteiger partial charge in [-0.2, -0.15) is 0 Å². The van der Waals surface area contributed by atoms with Crippen molar-refractivity contribution < 1.29 is 23.9 Å². The fraction of sp³-hybridized carbons (Fsp3) is 0.182. The van der Waals surface area contributed by atoms with E-state index in [1.165, 1.54) is 9.47 Å². The van der Waals surface area contributed by atoms with Gasteiger partial charge < -0.3 is 9.47 Å². The molecule has 9 nitrogen and oxygen atoms in total. The first kappa shape index (κ1) is 29.3. The van der Waals surface area contributed by atoms with E-state index in [2.05, 4.69) is 0 Å². The molecule has 0 radical (unpaired) electrons. The Hall–Kier alpha value is -4.80. The number of para-hydroxylation sites is 1. The van der Waals surface area contributed by atoms with Gasteiger partial charge in [-0.15, -0.1) is 0 Å². The highest BCUT2D eigenvalue weighted by molar-refractivity contribution is 7.07. The predicted octanol–water partition coefficient (Wildman–Crippen LogP) is 3.87. The number of aromatic nitrogens is 1. The number of ether oxygens (including phenoxy) is 2. The molecule has 44 heavy (non-hydrogen) atoms. The number of thiazole rings is 1. The number of hydrogen-bond donors (Lipinski definition) is 0. The van der Waals surface area contributed by atoms with E-state index in [1.807, 2.05) is 30.3 Å². The smallest absolute Gasteiger partial charge is 0.338 e. The van der Waals surface area contributed by atoms with Gasteiger partial charge in [-0.25, -0.2) is 9.79 Å². The Labute approximate surface area is 260 Å². The highest BCUT2D eigenvalue weighted by Crippen LogP contribution is 2.37. The first-order valence-electron chi connectivity index (χ1n) is 14.0. The number of nitrogens with zero attached hydrogens (tertiary/aromatic N) is 3. The minimum Gasteiger partial charge on any atom is -0.465 e. The number of halogens is 1. The Morgan fingerprint density at radius 1 is 0.909 bits per heavy atom. The van der Waals surface area contributed by atoms with E-state index in [-0.39, 0.29) is 35.4 Å². The topological polar surface area (TPSA) is 107 Å².